The van der Waals surface area contributed by atoms with Crippen LogP contribution in [0.5, 0.6) is 5.88 Å². The highest BCUT2D eigenvalue weighted by Gasteiger charge is 2.25. The summed E-state index contributed by atoms with van der Waals surface area (Å²) in [5.74, 6) is 2.20. The van der Waals surface area contributed by atoms with Crippen LogP contribution in [0, 0.1) is 6.92 Å². The lowest BCUT2D eigenvalue weighted by atomic mass is 10.0. The molecule has 122 valence electrons. The van der Waals surface area contributed by atoms with Crippen molar-refractivity contribution in [2.45, 2.75) is 25.8 Å². The van der Waals surface area contributed by atoms with E-state index in [4.69, 9.17) is 4.74 Å². The van der Waals surface area contributed by atoms with Gasteiger partial charge in [0.1, 0.15) is 0 Å². The van der Waals surface area contributed by atoms with Crippen molar-refractivity contribution in [1.29, 1.82) is 0 Å². The van der Waals surface area contributed by atoms with E-state index in [1.807, 2.05) is 26.1 Å². The lowest BCUT2D eigenvalue weighted by Gasteiger charge is -2.38. The Morgan fingerprint density at radius 1 is 1.26 bits per heavy atom. The van der Waals surface area contributed by atoms with Gasteiger partial charge in [-0.15, -0.1) is 5.10 Å². The third kappa shape index (κ3) is 3.49. The van der Waals surface area contributed by atoms with Crippen molar-refractivity contribution in [3.05, 3.63) is 30.1 Å². The predicted octanol–water partition coefficient (Wildman–Crippen LogP) is 1.69. The van der Waals surface area contributed by atoms with Crippen LogP contribution in [0.4, 0.5) is 11.8 Å². The van der Waals surface area contributed by atoms with Gasteiger partial charge in [0, 0.05) is 38.4 Å². The summed E-state index contributed by atoms with van der Waals surface area (Å²) in [5.41, 5.74) is 0.934. The van der Waals surface area contributed by atoms with Gasteiger partial charge in [-0.3, -0.25) is 0 Å². The van der Waals surface area contributed by atoms with Crippen LogP contribution in [0.15, 0.2) is 24.4 Å². The molecule has 0 spiro atoms. The molecule has 0 aromatic carbocycles. The number of ether oxygens (including phenoxy) is 1. The maximum absolute atomic E-state index is 5.19. The summed E-state index contributed by atoms with van der Waals surface area (Å²) in [6, 6.07) is 6.12. The molecule has 3 heterocycles. The topological polar surface area (TPSA) is 67.3 Å². The van der Waals surface area contributed by atoms with Gasteiger partial charge in [0.05, 0.1) is 12.8 Å². The maximum Gasteiger partial charge on any atom is 0.228 e. The van der Waals surface area contributed by atoms with Crippen molar-refractivity contribution in [3.8, 4) is 5.88 Å². The molecule has 23 heavy (non-hydrogen) atoms. The Morgan fingerprint density at radius 3 is 2.87 bits per heavy atom. The molecular formula is C16H22N6O. The molecule has 0 aliphatic carbocycles. The summed E-state index contributed by atoms with van der Waals surface area (Å²) in [6.45, 7) is 3.83. The van der Waals surface area contributed by atoms with Gasteiger partial charge in [-0.2, -0.15) is 10.1 Å². The molecule has 1 unspecified atom stereocenters. The van der Waals surface area contributed by atoms with E-state index in [2.05, 4.69) is 30.0 Å². The molecule has 0 radical (unpaired) electrons. The third-order valence-electron chi connectivity index (χ3n) is 4.19. The van der Waals surface area contributed by atoms with E-state index in [-0.39, 0.29) is 0 Å². The van der Waals surface area contributed by atoms with Crippen LogP contribution >= 0.6 is 0 Å². The molecule has 0 N–H and O–H groups in total. The number of nitrogens with zero attached hydrogens (tertiary/aromatic N) is 6. The Bertz CT molecular complexity index is 647. The first kappa shape index (κ1) is 15.5. The van der Waals surface area contributed by atoms with Gasteiger partial charge in [-0.25, -0.2) is 4.98 Å². The fourth-order valence-corrected chi connectivity index (χ4v) is 2.82. The Morgan fingerprint density at radius 2 is 2.13 bits per heavy atom. The number of aryl methyl sites for hydroxylation is 1. The average molecular weight is 314 g/mol. The van der Waals surface area contributed by atoms with Gasteiger partial charge >= 0.3 is 0 Å². The van der Waals surface area contributed by atoms with Gasteiger partial charge in [0.25, 0.3) is 0 Å². The van der Waals surface area contributed by atoms with Crippen molar-refractivity contribution < 1.29 is 4.74 Å². The van der Waals surface area contributed by atoms with E-state index in [1.54, 1.807) is 19.4 Å². The smallest absolute Gasteiger partial charge is 0.228 e. The highest BCUT2D eigenvalue weighted by atomic mass is 16.5. The first-order valence-corrected chi connectivity index (χ1v) is 7.82. The van der Waals surface area contributed by atoms with Gasteiger partial charge < -0.3 is 14.5 Å². The van der Waals surface area contributed by atoms with E-state index in [1.165, 1.54) is 0 Å². The molecule has 1 aliphatic heterocycles. The summed E-state index contributed by atoms with van der Waals surface area (Å²) in [5, 5.41) is 8.46. The van der Waals surface area contributed by atoms with E-state index < -0.39 is 0 Å². The van der Waals surface area contributed by atoms with E-state index in [0.29, 0.717) is 17.9 Å². The normalized spacial score (nSPS) is 17.9. The summed E-state index contributed by atoms with van der Waals surface area (Å²) < 4.78 is 5.19. The lowest BCUT2D eigenvalue weighted by molar-refractivity contribution is 0.395. The predicted molar refractivity (Wildman–Crippen MR) is 89.0 cm³/mol. The number of methoxy groups -OCH3 is 1. The van der Waals surface area contributed by atoms with Gasteiger partial charge in [-0.05, 0) is 31.9 Å². The van der Waals surface area contributed by atoms with Crippen LogP contribution in [0.3, 0.4) is 0 Å². The van der Waals surface area contributed by atoms with Crippen molar-refractivity contribution in [3.63, 3.8) is 0 Å². The van der Waals surface area contributed by atoms with Crippen LogP contribution in [0.25, 0.3) is 0 Å². The monoisotopic (exact) mass is 314 g/mol. The van der Waals surface area contributed by atoms with Gasteiger partial charge in [-0.1, -0.05) is 0 Å². The minimum Gasteiger partial charge on any atom is -0.481 e. The summed E-state index contributed by atoms with van der Waals surface area (Å²) in [6.07, 6.45) is 3.94. The summed E-state index contributed by atoms with van der Waals surface area (Å²) >= 11 is 0. The molecule has 1 fully saturated rings. The fourth-order valence-electron chi connectivity index (χ4n) is 2.82. The van der Waals surface area contributed by atoms with E-state index >= 15 is 0 Å². The molecule has 0 saturated carbocycles. The zero-order chi connectivity index (χ0) is 16.2. The molecule has 7 heteroatoms. The summed E-state index contributed by atoms with van der Waals surface area (Å²) in [4.78, 5) is 13.2. The first-order chi connectivity index (χ1) is 11.2. The van der Waals surface area contributed by atoms with Crippen LogP contribution in [0.2, 0.25) is 0 Å². The van der Waals surface area contributed by atoms with Gasteiger partial charge in [0.15, 0.2) is 5.82 Å². The van der Waals surface area contributed by atoms with Crippen molar-refractivity contribution in [2.24, 2.45) is 0 Å². The minimum absolute atomic E-state index is 0.332. The molecule has 2 aromatic heterocycles. The molecule has 2 aromatic rings. The number of likely N-dealkylation sites (N-methyl/N-ethyl adjacent to an activating group) is 1. The molecule has 1 saturated heterocycles. The molecule has 0 amide bonds. The Balaban J connectivity index is 1.73. The second-order valence-electron chi connectivity index (χ2n) is 5.78. The second kappa shape index (κ2) is 6.76. The number of aromatic nitrogens is 4. The largest absolute Gasteiger partial charge is 0.481 e. The standard InChI is InChI=1S/C16H22N6O/c1-12-6-7-14(20-19-12)22-10-4-5-13(11-22)21(2)16-17-9-8-15(18-16)23-3/h6-9,13H,4-5,10-11H2,1-3H3. The highest BCUT2D eigenvalue weighted by molar-refractivity contribution is 5.40. The van der Waals surface area contributed by atoms with Crippen molar-refractivity contribution in [1.82, 2.24) is 20.2 Å². The fraction of sp³-hybridized carbons (Fsp3) is 0.500. The SMILES string of the molecule is COc1ccnc(N(C)C2CCCN(c3ccc(C)nn3)C2)n1. The maximum atomic E-state index is 5.19. The van der Waals surface area contributed by atoms with Crippen molar-refractivity contribution in [2.75, 3.05) is 37.0 Å². The molecule has 0 bridgehead atoms. The first-order valence-electron chi connectivity index (χ1n) is 7.82. The van der Waals surface area contributed by atoms with E-state index in [0.717, 1.165) is 37.4 Å². The summed E-state index contributed by atoms with van der Waals surface area (Å²) in [7, 11) is 3.65. The number of anilines is 2. The Hall–Kier alpha value is -2.44. The van der Waals surface area contributed by atoms with Crippen molar-refractivity contribution >= 4 is 11.8 Å². The average Bonchev–Trinajstić information content (AvgIpc) is 2.62. The second-order valence-corrected chi connectivity index (χ2v) is 5.78. The quantitative estimate of drug-likeness (QED) is 0.850. The number of hydrogen-bond acceptors (Lipinski definition) is 7. The Labute approximate surface area is 136 Å². The zero-order valence-corrected chi connectivity index (χ0v) is 13.8. The van der Waals surface area contributed by atoms with E-state index in [9.17, 15) is 0 Å². The minimum atomic E-state index is 0.332. The zero-order valence-electron chi connectivity index (χ0n) is 13.8. The molecule has 1 aliphatic rings. The number of rotatable bonds is 4. The Kier molecular flexibility index (Phi) is 4.55. The van der Waals surface area contributed by atoms with Gasteiger partial charge in [0.2, 0.25) is 11.8 Å². The van der Waals surface area contributed by atoms with Crippen LogP contribution in [-0.4, -0.2) is 53.5 Å². The molecule has 1 atom stereocenters. The molecular weight excluding hydrogens is 292 g/mol. The highest BCUT2D eigenvalue weighted by Crippen LogP contribution is 2.22. The third-order valence-corrected chi connectivity index (χ3v) is 4.19. The molecule has 7 nitrogen and oxygen atoms in total. The van der Waals surface area contributed by atoms with Crippen LogP contribution < -0.4 is 14.5 Å². The lowest BCUT2D eigenvalue weighted by Crippen LogP contribution is -2.47. The van der Waals surface area contributed by atoms with Crippen LogP contribution in [-0.2, 0) is 0 Å². The number of hydrogen-bond donors (Lipinski definition) is 0. The number of piperidine rings is 1. The molecule has 3 rings (SSSR count). The van der Waals surface area contributed by atoms with Crippen LogP contribution in [0.1, 0.15) is 18.5 Å².